The molecule has 0 radical (unpaired) electrons. The molecule has 0 saturated carbocycles. The van der Waals surface area contributed by atoms with Gasteiger partial charge < -0.3 is 10.1 Å². The minimum absolute atomic E-state index is 0.0752. The summed E-state index contributed by atoms with van der Waals surface area (Å²) in [7, 11) is 0. The van der Waals surface area contributed by atoms with Crippen molar-refractivity contribution in [2.24, 2.45) is 11.8 Å². The van der Waals surface area contributed by atoms with E-state index in [4.69, 9.17) is 4.74 Å². The predicted octanol–water partition coefficient (Wildman–Crippen LogP) is 4.17. The number of hydrogen-bond acceptors (Lipinski definition) is 4. The van der Waals surface area contributed by atoms with Crippen LogP contribution in [0.2, 0.25) is 0 Å². The molecule has 31 heavy (non-hydrogen) atoms. The number of ether oxygens (including phenoxy) is 1. The maximum Gasteiger partial charge on any atom is 0.273 e. The molecule has 2 aromatic carbocycles. The summed E-state index contributed by atoms with van der Waals surface area (Å²) < 4.78 is 5.72. The lowest BCUT2D eigenvalue weighted by Gasteiger charge is -2.13. The van der Waals surface area contributed by atoms with E-state index in [2.05, 4.69) is 30.0 Å². The van der Waals surface area contributed by atoms with Gasteiger partial charge in [0.2, 0.25) is 5.91 Å². The molecule has 0 fully saturated rings. The van der Waals surface area contributed by atoms with Crippen LogP contribution >= 0.6 is 0 Å². The van der Waals surface area contributed by atoms with Gasteiger partial charge in [-0.2, -0.15) is 0 Å². The summed E-state index contributed by atoms with van der Waals surface area (Å²) in [6, 6.07) is 13.3. The number of anilines is 1. The summed E-state index contributed by atoms with van der Waals surface area (Å²) in [5.74, 6) is 0.220. The van der Waals surface area contributed by atoms with E-state index in [1.165, 1.54) is 0 Å². The highest BCUT2D eigenvalue weighted by atomic mass is 16.5. The van der Waals surface area contributed by atoms with Crippen molar-refractivity contribution in [2.75, 3.05) is 11.9 Å². The first-order chi connectivity index (χ1) is 14.8. The molecular formula is C24H31N3O4. The van der Waals surface area contributed by atoms with Gasteiger partial charge in [0.1, 0.15) is 5.75 Å². The van der Waals surface area contributed by atoms with E-state index in [-0.39, 0.29) is 11.8 Å². The Labute approximate surface area is 183 Å². The number of nitrogens with one attached hydrogen (secondary N) is 3. The maximum atomic E-state index is 12.5. The number of hydrogen-bond donors (Lipinski definition) is 3. The third-order valence-corrected chi connectivity index (χ3v) is 4.40. The van der Waals surface area contributed by atoms with Crippen LogP contribution in [0.5, 0.6) is 5.75 Å². The Kier molecular flexibility index (Phi) is 9.06. The SMILES string of the molecule is CC(C)CCOc1ccccc1C(=O)NNC(=O)c1ccc(NC(=O)CC(C)C)cc1. The molecule has 0 aliphatic rings. The van der Waals surface area contributed by atoms with Gasteiger partial charge in [-0.15, -0.1) is 0 Å². The van der Waals surface area contributed by atoms with Crippen LogP contribution in [0.4, 0.5) is 5.69 Å². The molecular weight excluding hydrogens is 394 g/mol. The van der Waals surface area contributed by atoms with E-state index in [1.807, 2.05) is 13.8 Å². The highest BCUT2D eigenvalue weighted by Crippen LogP contribution is 2.18. The maximum absolute atomic E-state index is 12.5. The first kappa shape index (κ1) is 23.9. The molecule has 0 aromatic heterocycles. The van der Waals surface area contributed by atoms with Crippen LogP contribution in [0.25, 0.3) is 0 Å². The Bertz CT molecular complexity index is 892. The second-order valence-electron chi connectivity index (χ2n) is 8.16. The fourth-order valence-electron chi connectivity index (χ4n) is 2.73. The number of rotatable bonds is 9. The van der Waals surface area contributed by atoms with Gasteiger partial charge in [-0.1, -0.05) is 39.8 Å². The summed E-state index contributed by atoms with van der Waals surface area (Å²) in [5, 5.41) is 2.79. The molecule has 166 valence electrons. The molecule has 7 nitrogen and oxygen atoms in total. The lowest BCUT2D eigenvalue weighted by atomic mass is 10.1. The normalized spacial score (nSPS) is 10.6. The lowest BCUT2D eigenvalue weighted by Crippen LogP contribution is -2.41. The van der Waals surface area contributed by atoms with Crippen LogP contribution < -0.4 is 20.9 Å². The highest BCUT2D eigenvalue weighted by molar-refractivity contribution is 6.00. The van der Waals surface area contributed by atoms with E-state index in [9.17, 15) is 14.4 Å². The van der Waals surface area contributed by atoms with Crippen molar-refractivity contribution in [1.82, 2.24) is 10.9 Å². The van der Waals surface area contributed by atoms with E-state index < -0.39 is 11.8 Å². The zero-order chi connectivity index (χ0) is 22.8. The van der Waals surface area contributed by atoms with Gasteiger partial charge in [-0.05, 0) is 54.7 Å². The standard InChI is InChI=1S/C24H31N3O4/c1-16(2)13-14-31-21-8-6-5-7-20(21)24(30)27-26-23(29)18-9-11-19(12-10-18)25-22(28)15-17(3)4/h5-12,16-17H,13-15H2,1-4H3,(H,25,28)(H,26,29)(H,27,30). The molecule has 0 aliphatic heterocycles. The predicted molar refractivity (Wildman–Crippen MR) is 121 cm³/mol. The Morgan fingerprint density at radius 3 is 2.13 bits per heavy atom. The third-order valence-electron chi connectivity index (χ3n) is 4.40. The Hall–Kier alpha value is -3.35. The van der Waals surface area contributed by atoms with Crippen LogP contribution in [0.15, 0.2) is 48.5 Å². The number of amides is 3. The second kappa shape index (κ2) is 11.7. The molecule has 0 aliphatic carbocycles. The van der Waals surface area contributed by atoms with Gasteiger partial charge in [0.15, 0.2) is 0 Å². The largest absolute Gasteiger partial charge is 0.493 e. The van der Waals surface area contributed by atoms with Gasteiger partial charge in [0, 0.05) is 17.7 Å². The molecule has 0 saturated heterocycles. The number of carbonyl (C=O) groups excluding carboxylic acids is 3. The van der Waals surface area contributed by atoms with Crippen LogP contribution in [0.1, 0.15) is 61.3 Å². The monoisotopic (exact) mass is 425 g/mol. The van der Waals surface area contributed by atoms with Gasteiger partial charge in [-0.25, -0.2) is 0 Å². The number of para-hydroxylation sites is 1. The zero-order valence-electron chi connectivity index (χ0n) is 18.5. The van der Waals surface area contributed by atoms with Gasteiger partial charge in [0.05, 0.1) is 12.2 Å². The first-order valence-electron chi connectivity index (χ1n) is 10.5. The summed E-state index contributed by atoms with van der Waals surface area (Å²) >= 11 is 0. The Morgan fingerprint density at radius 1 is 0.839 bits per heavy atom. The number of benzene rings is 2. The molecule has 3 amide bonds. The Balaban J connectivity index is 1.91. The Morgan fingerprint density at radius 2 is 1.48 bits per heavy atom. The van der Waals surface area contributed by atoms with Crippen molar-refractivity contribution >= 4 is 23.4 Å². The van der Waals surface area contributed by atoms with E-state index in [0.29, 0.717) is 41.5 Å². The average Bonchev–Trinajstić information content (AvgIpc) is 2.71. The summed E-state index contributed by atoms with van der Waals surface area (Å²) in [6.07, 6.45) is 1.30. The molecule has 0 atom stereocenters. The van der Waals surface area contributed by atoms with Crippen LogP contribution in [-0.4, -0.2) is 24.3 Å². The lowest BCUT2D eigenvalue weighted by molar-refractivity contribution is -0.116. The fraction of sp³-hybridized carbons (Fsp3) is 0.375. The van der Waals surface area contributed by atoms with Crippen LogP contribution in [0, 0.1) is 11.8 Å². The zero-order valence-corrected chi connectivity index (χ0v) is 18.5. The van der Waals surface area contributed by atoms with Crippen LogP contribution in [-0.2, 0) is 4.79 Å². The van der Waals surface area contributed by atoms with Crippen molar-refractivity contribution in [2.45, 2.75) is 40.5 Å². The van der Waals surface area contributed by atoms with E-state index >= 15 is 0 Å². The molecule has 2 aromatic rings. The minimum Gasteiger partial charge on any atom is -0.493 e. The molecule has 0 bridgehead atoms. The topological polar surface area (TPSA) is 96.5 Å². The van der Waals surface area contributed by atoms with Crippen molar-refractivity contribution in [1.29, 1.82) is 0 Å². The van der Waals surface area contributed by atoms with Gasteiger partial charge in [0.25, 0.3) is 11.8 Å². The van der Waals surface area contributed by atoms with Crippen molar-refractivity contribution in [3.63, 3.8) is 0 Å². The fourth-order valence-corrected chi connectivity index (χ4v) is 2.73. The van der Waals surface area contributed by atoms with Crippen LogP contribution in [0.3, 0.4) is 0 Å². The molecule has 7 heteroatoms. The van der Waals surface area contributed by atoms with Gasteiger partial charge in [-0.3, -0.25) is 25.2 Å². The quantitative estimate of drug-likeness (QED) is 0.525. The molecule has 2 rings (SSSR count). The van der Waals surface area contributed by atoms with E-state index in [1.54, 1.807) is 48.5 Å². The second-order valence-corrected chi connectivity index (χ2v) is 8.16. The number of hydrazine groups is 1. The molecule has 0 heterocycles. The minimum atomic E-state index is -0.467. The summed E-state index contributed by atoms with van der Waals surface area (Å²) in [6.45, 7) is 8.65. The molecule has 3 N–H and O–H groups in total. The first-order valence-corrected chi connectivity index (χ1v) is 10.5. The van der Waals surface area contributed by atoms with Crippen molar-refractivity contribution in [3.05, 3.63) is 59.7 Å². The highest BCUT2D eigenvalue weighted by Gasteiger charge is 2.14. The van der Waals surface area contributed by atoms with E-state index in [0.717, 1.165) is 6.42 Å². The van der Waals surface area contributed by atoms with Gasteiger partial charge >= 0.3 is 0 Å². The number of carbonyl (C=O) groups is 3. The van der Waals surface area contributed by atoms with Crippen molar-refractivity contribution in [3.8, 4) is 5.75 Å². The van der Waals surface area contributed by atoms with Crippen molar-refractivity contribution < 1.29 is 19.1 Å². The summed E-state index contributed by atoms with van der Waals surface area (Å²) in [5.41, 5.74) is 6.12. The average molecular weight is 426 g/mol. The molecule has 0 unspecified atom stereocenters. The smallest absolute Gasteiger partial charge is 0.273 e. The molecule has 0 spiro atoms. The third kappa shape index (κ3) is 8.12. The summed E-state index contributed by atoms with van der Waals surface area (Å²) in [4.78, 5) is 36.7.